The summed E-state index contributed by atoms with van der Waals surface area (Å²) < 4.78 is 1.73. The predicted octanol–water partition coefficient (Wildman–Crippen LogP) is 4.49. The van der Waals surface area contributed by atoms with Crippen LogP contribution < -0.4 is 0 Å². The Balaban J connectivity index is 2.47. The number of hydrogen-bond donors (Lipinski definition) is 0. The molecule has 0 fully saturated rings. The van der Waals surface area contributed by atoms with Crippen molar-refractivity contribution in [1.82, 2.24) is 9.78 Å². The Hall–Kier alpha value is -0.830. The van der Waals surface area contributed by atoms with Crippen molar-refractivity contribution in [3.8, 4) is 0 Å². The van der Waals surface area contributed by atoms with Crippen molar-refractivity contribution in [3.05, 3.63) is 16.9 Å². The molecule has 0 bridgehead atoms. The van der Waals surface area contributed by atoms with E-state index in [2.05, 4.69) is 18.9 Å². The van der Waals surface area contributed by atoms with Crippen LogP contribution in [0.2, 0.25) is 5.02 Å². The lowest BCUT2D eigenvalue weighted by Gasteiger charge is -2.06. The zero-order valence-electron chi connectivity index (χ0n) is 11.4. The van der Waals surface area contributed by atoms with Gasteiger partial charge in [-0.25, -0.2) is 0 Å². The maximum atomic E-state index is 12.1. The second kappa shape index (κ2) is 8.30. The van der Waals surface area contributed by atoms with Gasteiger partial charge in [-0.2, -0.15) is 5.10 Å². The van der Waals surface area contributed by atoms with Gasteiger partial charge in [0.25, 0.3) is 0 Å². The van der Waals surface area contributed by atoms with E-state index in [1.807, 2.05) is 0 Å². The van der Waals surface area contributed by atoms with Gasteiger partial charge in [0.15, 0.2) is 5.78 Å². The second-order valence-corrected chi connectivity index (χ2v) is 5.06. The van der Waals surface area contributed by atoms with Gasteiger partial charge < -0.3 is 0 Å². The van der Waals surface area contributed by atoms with Crippen molar-refractivity contribution >= 4 is 17.4 Å². The molecule has 0 saturated carbocycles. The van der Waals surface area contributed by atoms with Crippen LogP contribution >= 0.6 is 11.6 Å². The van der Waals surface area contributed by atoms with E-state index >= 15 is 0 Å². The van der Waals surface area contributed by atoms with Crippen LogP contribution in [0.15, 0.2) is 6.20 Å². The summed E-state index contributed by atoms with van der Waals surface area (Å²) in [5.41, 5.74) is 0.592. The molecule has 1 aromatic rings. The molecule has 0 radical (unpaired) electrons. The highest BCUT2D eigenvalue weighted by Gasteiger charge is 2.16. The van der Waals surface area contributed by atoms with Crippen molar-refractivity contribution in [2.24, 2.45) is 0 Å². The zero-order chi connectivity index (χ0) is 13.4. The van der Waals surface area contributed by atoms with Crippen LogP contribution in [0.4, 0.5) is 0 Å². The third-order valence-corrected chi connectivity index (χ3v) is 3.28. The molecule has 0 aliphatic rings. The summed E-state index contributed by atoms with van der Waals surface area (Å²) in [4.78, 5) is 12.1. The molecule has 1 aromatic heterocycles. The summed E-state index contributed by atoms with van der Waals surface area (Å²) in [7, 11) is 0. The van der Waals surface area contributed by atoms with E-state index in [-0.39, 0.29) is 5.78 Å². The summed E-state index contributed by atoms with van der Waals surface area (Å²) in [6, 6.07) is 0. The van der Waals surface area contributed by atoms with Crippen molar-refractivity contribution in [3.63, 3.8) is 0 Å². The highest BCUT2D eigenvalue weighted by molar-refractivity contribution is 6.33. The van der Waals surface area contributed by atoms with Crippen LogP contribution in [0, 0.1) is 0 Å². The Labute approximate surface area is 115 Å². The van der Waals surface area contributed by atoms with Crippen LogP contribution in [0.3, 0.4) is 0 Å². The van der Waals surface area contributed by atoms with Gasteiger partial charge in [0.05, 0.1) is 11.2 Å². The van der Waals surface area contributed by atoms with Crippen molar-refractivity contribution in [1.29, 1.82) is 0 Å². The number of carbonyl (C=O) groups excluding carboxylic acids is 1. The molecule has 0 aromatic carbocycles. The number of aromatic nitrogens is 2. The van der Waals surface area contributed by atoms with Crippen LogP contribution in [0.25, 0.3) is 0 Å². The molecule has 3 nitrogen and oxygen atoms in total. The summed E-state index contributed by atoms with van der Waals surface area (Å²) in [5, 5.41) is 4.64. The summed E-state index contributed by atoms with van der Waals surface area (Å²) >= 11 is 6.03. The molecule has 102 valence electrons. The molecule has 4 heteroatoms. The van der Waals surface area contributed by atoms with Gasteiger partial charge in [-0.05, 0) is 12.8 Å². The minimum atomic E-state index is 0.127. The number of carbonyl (C=O) groups is 1. The first-order valence-corrected chi connectivity index (χ1v) is 7.33. The normalized spacial score (nSPS) is 10.8. The summed E-state index contributed by atoms with van der Waals surface area (Å²) in [5.74, 6) is 0.127. The Bertz CT molecular complexity index is 374. The van der Waals surface area contributed by atoms with Gasteiger partial charge >= 0.3 is 0 Å². The van der Waals surface area contributed by atoms with E-state index in [1.54, 1.807) is 10.9 Å². The van der Waals surface area contributed by atoms with E-state index in [9.17, 15) is 4.79 Å². The smallest absolute Gasteiger partial charge is 0.182 e. The first kappa shape index (κ1) is 15.2. The minimum absolute atomic E-state index is 0.127. The topological polar surface area (TPSA) is 34.9 Å². The van der Waals surface area contributed by atoms with E-state index in [4.69, 9.17) is 11.6 Å². The van der Waals surface area contributed by atoms with Crippen LogP contribution in [-0.4, -0.2) is 15.6 Å². The lowest BCUT2D eigenvalue weighted by atomic mass is 10.1. The lowest BCUT2D eigenvalue weighted by Crippen LogP contribution is -2.11. The highest BCUT2D eigenvalue weighted by atomic mass is 35.5. The monoisotopic (exact) mass is 270 g/mol. The van der Waals surface area contributed by atoms with E-state index in [0.29, 0.717) is 17.1 Å². The lowest BCUT2D eigenvalue weighted by molar-refractivity contribution is 0.0968. The molecular formula is C14H23ClN2O. The molecule has 1 heterocycles. The van der Waals surface area contributed by atoms with Crippen LogP contribution in [-0.2, 0) is 6.54 Å². The maximum absolute atomic E-state index is 12.1. The van der Waals surface area contributed by atoms with Crippen molar-refractivity contribution in [2.45, 2.75) is 65.3 Å². The molecule has 0 saturated heterocycles. The minimum Gasteiger partial charge on any atom is -0.292 e. The molecule has 0 unspecified atom stereocenters. The molecule has 18 heavy (non-hydrogen) atoms. The van der Waals surface area contributed by atoms with Gasteiger partial charge in [-0.3, -0.25) is 9.48 Å². The van der Waals surface area contributed by atoms with Gasteiger partial charge in [-0.1, -0.05) is 51.1 Å². The largest absolute Gasteiger partial charge is 0.292 e. The number of aryl methyl sites for hydroxylation is 1. The Kier molecular flexibility index (Phi) is 7.02. The molecule has 1 rings (SSSR count). The molecule has 0 N–H and O–H groups in total. The van der Waals surface area contributed by atoms with Crippen LogP contribution in [0.5, 0.6) is 0 Å². The van der Waals surface area contributed by atoms with E-state index in [0.717, 1.165) is 25.8 Å². The number of unbranched alkanes of at least 4 members (excludes halogenated alkanes) is 4. The van der Waals surface area contributed by atoms with Crippen molar-refractivity contribution in [2.75, 3.05) is 0 Å². The molecular weight excluding hydrogens is 248 g/mol. The molecule has 0 aliphatic heterocycles. The summed E-state index contributed by atoms with van der Waals surface area (Å²) in [6.07, 6.45) is 8.87. The molecule has 0 atom stereocenters. The Morgan fingerprint density at radius 2 is 1.94 bits per heavy atom. The number of ketones is 1. The Morgan fingerprint density at radius 1 is 1.22 bits per heavy atom. The fourth-order valence-electron chi connectivity index (χ4n) is 2.03. The number of halogens is 1. The molecule has 0 spiro atoms. The number of nitrogens with zero attached hydrogens (tertiary/aromatic N) is 2. The fraction of sp³-hybridized carbons (Fsp3) is 0.714. The predicted molar refractivity (Wildman–Crippen MR) is 75.2 cm³/mol. The SMILES string of the molecule is CCCCCCCC(=O)c1c(Cl)cnn1CCC. The summed E-state index contributed by atoms with van der Waals surface area (Å²) in [6.45, 7) is 5.01. The number of hydrogen-bond acceptors (Lipinski definition) is 2. The average molecular weight is 271 g/mol. The first-order valence-electron chi connectivity index (χ1n) is 6.95. The van der Waals surface area contributed by atoms with Gasteiger partial charge in [0.2, 0.25) is 0 Å². The van der Waals surface area contributed by atoms with Gasteiger partial charge in [0, 0.05) is 13.0 Å². The van der Waals surface area contributed by atoms with E-state index < -0.39 is 0 Å². The zero-order valence-corrected chi connectivity index (χ0v) is 12.2. The van der Waals surface area contributed by atoms with Crippen LogP contribution in [0.1, 0.15) is 69.3 Å². The average Bonchev–Trinajstić information content (AvgIpc) is 2.71. The fourth-order valence-corrected chi connectivity index (χ4v) is 2.28. The number of Topliss-reactive ketones (excluding diaryl/α,β-unsaturated/α-hetero) is 1. The standard InChI is InChI=1S/C14H23ClN2O/c1-3-5-6-7-8-9-13(18)14-12(15)11-16-17(14)10-4-2/h11H,3-10H2,1-2H3. The highest BCUT2D eigenvalue weighted by Crippen LogP contribution is 2.19. The van der Waals surface area contributed by atoms with Crippen molar-refractivity contribution < 1.29 is 4.79 Å². The van der Waals surface area contributed by atoms with Gasteiger partial charge in [0.1, 0.15) is 5.69 Å². The van der Waals surface area contributed by atoms with E-state index in [1.165, 1.54) is 19.3 Å². The first-order chi connectivity index (χ1) is 8.70. The Morgan fingerprint density at radius 3 is 2.61 bits per heavy atom. The molecule has 0 amide bonds. The third kappa shape index (κ3) is 4.45. The second-order valence-electron chi connectivity index (χ2n) is 4.65. The van der Waals surface area contributed by atoms with Gasteiger partial charge in [-0.15, -0.1) is 0 Å². The maximum Gasteiger partial charge on any atom is 0.182 e. The molecule has 0 aliphatic carbocycles. The number of rotatable bonds is 9. The third-order valence-electron chi connectivity index (χ3n) is 3.00. The quantitative estimate of drug-likeness (QED) is 0.489.